The van der Waals surface area contributed by atoms with Crippen LogP contribution in [0.2, 0.25) is 0 Å². The minimum absolute atomic E-state index is 0.651. The van der Waals surface area contributed by atoms with Crippen molar-refractivity contribution in [3.63, 3.8) is 0 Å². The maximum Gasteiger partial charge on any atom is 0.222 e. The molecule has 2 aromatic rings. The number of thiol groups is 1. The van der Waals surface area contributed by atoms with Gasteiger partial charge < -0.3 is 5.32 Å². The van der Waals surface area contributed by atoms with Crippen LogP contribution in [0.3, 0.4) is 0 Å². The average molecular weight is 259 g/mol. The smallest absolute Gasteiger partial charge is 0.222 e. The molecule has 0 bridgehead atoms. The summed E-state index contributed by atoms with van der Waals surface area (Å²) in [5, 5.41) is 3.10. The number of benzene rings is 1. The molecule has 0 amide bonds. The van der Waals surface area contributed by atoms with E-state index in [9.17, 15) is 0 Å². The van der Waals surface area contributed by atoms with Gasteiger partial charge in [-0.25, -0.2) is 9.97 Å². The molecular formula is C14H17N3S. The minimum atomic E-state index is 0.651. The van der Waals surface area contributed by atoms with E-state index in [0.29, 0.717) is 5.95 Å². The lowest BCUT2D eigenvalue weighted by molar-refractivity contribution is 1.09. The Bertz CT molecular complexity index is 523. The maximum atomic E-state index is 4.30. The van der Waals surface area contributed by atoms with E-state index >= 15 is 0 Å². The molecule has 0 fully saturated rings. The van der Waals surface area contributed by atoms with Gasteiger partial charge in [-0.15, -0.1) is 0 Å². The van der Waals surface area contributed by atoms with Gasteiger partial charge in [-0.1, -0.05) is 23.8 Å². The number of nitrogens with zero attached hydrogens (tertiary/aromatic N) is 2. The summed E-state index contributed by atoms with van der Waals surface area (Å²) in [4.78, 5) is 8.60. The second-order valence-corrected chi connectivity index (χ2v) is 4.71. The zero-order valence-corrected chi connectivity index (χ0v) is 11.5. The summed E-state index contributed by atoms with van der Waals surface area (Å²) >= 11 is 4.13. The predicted octanol–water partition coefficient (Wildman–Crippen LogP) is 3.10. The Kier molecular flexibility index (Phi) is 4.20. The standard InChI is InChI=1S/C14H17N3S/c1-10-3-4-13(11(2)7-10)12-8-16-14(17-9-12)15-5-6-18/h3-4,7-9,18H,5-6H2,1-2H3,(H,15,16,17). The van der Waals surface area contributed by atoms with Crippen molar-refractivity contribution in [1.82, 2.24) is 9.97 Å². The minimum Gasteiger partial charge on any atom is -0.353 e. The highest BCUT2D eigenvalue weighted by Crippen LogP contribution is 2.23. The van der Waals surface area contributed by atoms with Crippen molar-refractivity contribution in [1.29, 1.82) is 0 Å². The molecule has 0 aliphatic heterocycles. The van der Waals surface area contributed by atoms with Crippen LogP contribution in [-0.4, -0.2) is 22.3 Å². The molecule has 0 atom stereocenters. The summed E-state index contributed by atoms with van der Waals surface area (Å²) in [5.41, 5.74) is 4.74. The number of hydrogen-bond acceptors (Lipinski definition) is 4. The Morgan fingerprint density at radius 1 is 1.17 bits per heavy atom. The van der Waals surface area contributed by atoms with Gasteiger partial charge in [0.25, 0.3) is 0 Å². The fourth-order valence-corrected chi connectivity index (χ4v) is 1.98. The number of anilines is 1. The SMILES string of the molecule is Cc1ccc(-c2cnc(NCCS)nc2)c(C)c1. The van der Waals surface area contributed by atoms with Crippen molar-refractivity contribution < 1.29 is 0 Å². The van der Waals surface area contributed by atoms with E-state index in [2.05, 4.69) is 60.0 Å². The van der Waals surface area contributed by atoms with Crippen LogP contribution in [0.5, 0.6) is 0 Å². The van der Waals surface area contributed by atoms with Crippen LogP contribution >= 0.6 is 12.6 Å². The third-order valence-electron chi connectivity index (χ3n) is 2.74. The van der Waals surface area contributed by atoms with E-state index in [1.54, 1.807) is 0 Å². The van der Waals surface area contributed by atoms with Gasteiger partial charge in [0.15, 0.2) is 0 Å². The Morgan fingerprint density at radius 2 is 1.89 bits per heavy atom. The molecule has 1 aromatic heterocycles. The third-order valence-corrected chi connectivity index (χ3v) is 2.96. The lowest BCUT2D eigenvalue weighted by Gasteiger charge is -2.07. The summed E-state index contributed by atoms with van der Waals surface area (Å²) in [7, 11) is 0. The molecule has 3 nitrogen and oxygen atoms in total. The van der Waals surface area contributed by atoms with E-state index in [1.807, 2.05) is 12.4 Å². The molecule has 1 heterocycles. The van der Waals surface area contributed by atoms with E-state index in [4.69, 9.17) is 0 Å². The fourth-order valence-electron chi connectivity index (χ4n) is 1.86. The first kappa shape index (κ1) is 12.9. The number of rotatable bonds is 4. The molecule has 2 rings (SSSR count). The maximum absolute atomic E-state index is 4.30. The molecule has 0 saturated carbocycles. The van der Waals surface area contributed by atoms with Crippen molar-refractivity contribution in [3.05, 3.63) is 41.7 Å². The molecule has 0 spiro atoms. The van der Waals surface area contributed by atoms with Gasteiger partial charge in [-0.3, -0.25) is 0 Å². The Balaban J connectivity index is 2.23. The van der Waals surface area contributed by atoms with Crippen molar-refractivity contribution >= 4 is 18.6 Å². The first-order valence-electron chi connectivity index (χ1n) is 5.95. The highest BCUT2D eigenvalue weighted by atomic mass is 32.1. The molecule has 0 radical (unpaired) electrons. The summed E-state index contributed by atoms with van der Waals surface area (Å²) in [5.74, 6) is 1.42. The predicted molar refractivity (Wildman–Crippen MR) is 79.3 cm³/mol. The summed E-state index contributed by atoms with van der Waals surface area (Å²) in [6.45, 7) is 4.97. The van der Waals surface area contributed by atoms with Gasteiger partial charge >= 0.3 is 0 Å². The van der Waals surface area contributed by atoms with Gasteiger partial charge in [-0.2, -0.15) is 12.6 Å². The first-order valence-corrected chi connectivity index (χ1v) is 6.58. The summed E-state index contributed by atoms with van der Waals surface area (Å²) in [6, 6.07) is 6.39. The van der Waals surface area contributed by atoms with E-state index in [0.717, 1.165) is 17.9 Å². The number of hydrogen-bond donors (Lipinski definition) is 2. The van der Waals surface area contributed by atoms with E-state index in [1.165, 1.54) is 16.7 Å². The molecule has 1 aromatic carbocycles. The van der Waals surface area contributed by atoms with E-state index in [-0.39, 0.29) is 0 Å². The van der Waals surface area contributed by atoms with Crippen LogP contribution in [0, 0.1) is 13.8 Å². The lowest BCUT2D eigenvalue weighted by Crippen LogP contribution is -2.05. The lowest BCUT2D eigenvalue weighted by atomic mass is 10.0. The largest absolute Gasteiger partial charge is 0.353 e. The molecule has 1 N–H and O–H groups in total. The molecule has 4 heteroatoms. The molecule has 18 heavy (non-hydrogen) atoms. The van der Waals surface area contributed by atoms with Gasteiger partial charge in [0, 0.05) is 30.3 Å². The molecule has 94 valence electrons. The highest BCUT2D eigenvalue weighted by Gasteiger charge is 2.03. The first-order chi connectivity index (χ1) is 8.70. The fraction of sp³-hybridized carbons (Fsp3) is 0.286. The summed E-state index contributed by atoms with van der Waals surface area (Å²) in [6.07, 6.45) is 3.71. The van der Waals surface area contributed by atoms with Crippen molar-refractivity contribution in [3.8, 4) is 11.1 Å². The van der Waals surface area contributed by atoms with Crippen LogP contribution in [-0.2, 0) is 0 Å². The van der Waals surface area contributed by atoms with Gasteiger partial charge in [0.1, 0.15) is 0 Å². The zero-order valence-electron chi connectivity index (χ0n) is 10.6. The van der Waals surface area contributed by atoms with Gasteiger partial charge in [-0.05, 0) is 25.0 Å². The molecule has 0 aliphatic rings. The Hall–Kier alpha value is -1.55. The topological polar surface area (TPSA) is 37.8 Å². The summed E-state index contributed by atoms with van der Waals surface area (Å²) < 4.78 is 0. The second kappa shape index (κ2) is 5.87. The van der Waals surface area contributed by atoms with Crippen molar-refractivity contribution in [2.45, 2.75) is 13.8 Å². The van der Waals surface area contributed by atoms with Crippen LogP contribution in [0.4, 0.5) is 5.95 Å². The van der Waals surface area contributed by atoms with Crippen LogP contribution in [0.25, 0.3) is 11.1 Å². The van der Waals surface area contributed by atoms with E-state index < -0.39 is 0 Å². The van der Waals surface area contributed by atoms with Gasteiger partial charge in [0.05, 0.1) is 0 Å². The van der Waals surface area contributed by atoms with Gasteiger partial charge in [0.2, 0.25) is 5.95 Å². The third kappa shape index (κ3) is 3.01. The van der Waals surface area contributed by atoms with Crippen LogP contribution in [0.15, 0.2) is 30.6 Å². The molecule has 0 aliphatic carbocycles. The molecular weight excluding hydrogens is 242 g/mol. The number of aromatic nitrogens is 2. The Morgan fingerprint density at radius 3 is 2.50 bits per heavy atom. The number of aryl methyl sites for hydroxylation is 2. The second-order valence-electron chi connectivity index (χ2n) is 4.26. The van der Waals surface area contributed by atoms with Crippen LogP contribution in [0.1, 0.15) is 11.1 Å². The zero-order chi connectivity index (χ0) is 13.0. The normalized spacial score (nSPS) is 10.4. The quantitative estimate of drug-likeness (QED) is 0.829. The Labute approximate surface area is 113 Å². The monoisotopic (exact) mass is 259 g/mol. The van der Waals surface area contributed by atoms with Crippen LogP contribution < -0.4 is 5.32 Å². The highest BCUT2D eigenvalue weighted by molar-refractivity contribution is 7.80. The van der Waals surface area contributed by atoms with Crippen molar-refractivity contribution in [2.24, 2.45) is 0 Å². The van der Waals surface area contributed by atoms with Crippen molar-refractivity contribution in [2.75, 3.05) is 17.6 Å². The number of nitrogens with one attached hydrogen (secondary N) is 1. The molecule has 0 unspecified atom stereocenters. The molecule has 0 saturated heterocycles. The average Bonchev–Trinajstić information content (AvgIpc) is 2.37.